The summed E-state index contributed by atoms with van der Waals surface area (Å²) in [7, 11) is 1.40. The number of fused-ring (bicyclic) bond motifs is 1. The first-order valence-corrected chi connectivity index (χ1v) is 7.62. The second kappa shape index (κ2) is 6.33. The fraction of sp³-hybridized carbons (Fsp3) is 0.412. The lowest BCUT2D eigenvalue weighted by atomic mass is 10.2. The summed E-state index contributed by atoms with van der Waals surface area (Å²) in [5.74, 6) is -1.36. The van der Waals surface area contributed by atoms with Crippen molar-refractivity contribution in [3.8, 4) is 5.75 Å². The average molecular weight is 334 g/mol. The first-order chi connectivity index (χ1) is 11.4. The lowest BCUT2D eigenvalue weighted by Crippen LogP contribution is -2.34. The van der Waals surface area contributed by atoms with E-state index in [0.717, 1.165) is 0 Å². The molecule has 0 saturated carbocycles. The van der Waals surface area contributed by atoms with Gasteiger partial charge in [0.15, 0.2) is 17.4 Å². The summed E-state index contributed by atoms with van der Waals surface area (Å²) < 4.78 is 29.8. The molecular formula is C17H19FN2O4. The number of hydrogen-bond donors (Lipinski definition) is 1. The van der Waals surface area contributed by atoms with Gasteiger partial charge in [-0.3, -0.25) is 4.79 Å². The first kappa shape index (κ1) is 16.6. The highest BCUT2D eigenvalue weighted by atomic mass is 19.1. The number of nitrogens with one attached hydrogen (secondary N) is 1. The quantitative estimate of drug-likeness (QED) is 0.929. The summed E-state index contributed by atoms with van der Waals surface area (Å²) in [6.07, 6.45) is -0.203. The van der Waals surface area contributed by atoms with Crippen molar-refractivity contribution in [2.24, 2.45) is 0 Å². The molecule has 0 spiro atoms. The van der Waals surface area contributed by atoms with Crippen LogP contribution in [-0.2, 0) is 9.47 Å². The number of hydrogen-bond acceptors (Lipinski definition) is 5. The van der Waals surface area contributed by atoms with Crippen LogP contribution in [0.4, 0.5) is 4.39 Å². The van der Waals surface area contributed by atoms with Gasteiger partial charge in [0.1, 0.15) is 11.8 Å². The Labute approximate surface area is 138 Å². The number of amides is 1. The van der Waals surface area contributed by atoms with Crippen LogP contribution in [0.25, 0.3) is 10.9 Å². The lowest BCUT2D eigenvalue weighted by molar-refractivity contribution is -0.137. The summed E-state index contributed by atoms with van der Waals surface area (Å²) in [5, 5.41) is 3.45. The van der Waals surface area contributed by atoms with Gasteiger partial charge in [-0.25, -0.2) is 9.37 Å². The number of carbonyl (C=O) groups is 1. The number of ether oxygens (including phenoxy) is 3. The summed E-state index contributed by atoms with van der Waals surface area (Å²) in [5.41, 5.74) is 0.604. The van der Waals surface area contributed by atoms with E-state index in [0.29, 0.717) is 24.1 Å². The molecule has 1 aliphatic rings. The van der Waals surface area contributed by atoms with Crippen molar-refractivity contribution in [3.05, 3.63) is 35.8 Å². The zero-order valence-electron chi connectivity index (χ0n) is 13.8. The molecule has 0 radical (unpaired) electrons. The van der Waals surface area contributed by atoms with Crippen molar-refractivity contribution in [1.82, 2.24) is 10.3 Å². The predicted molar refractivity (Wildman–Crippen MR) is 85.5 cm³/mol. The van der Waals surface area contributed by atoms with Crippen LogP contribution in [0, 0.1) is 5.82 Å². The van der Waals surface area contributed by atoms with E-state index in [9.17, 15) is 9.18 Å². The Balaban J connectivity index is 1.71. The van der Waals surface area contributed by atoms with Gasteiger partial charge in [0.05, 0.1) is 19.2 Å². The second-order valence-corrected chi connectivity index (χ2v) is 6.04. The van der Waals surface area contributed by atoms with E-state index in [2.05, 4.69) is 10.3 Å². The average Bonchev–Trinajstić information content (AvgIpc) is 2.90. The maximum absolute atomic E-state index is 13.8. The highest BCUT2D eigenvalue weighted by Gasteiger charge is 2.32. The number of benzene rings is 1. The number of nitrogens with zero attached hydrogens (tertiary/aromatic N) is 1. The van der Waals surface area contributed by atoms with E-state index in [4.69, 9.17) is 14.2 Å². The number of pyridine rings is 1. The third-order valence-electron chi connectivity index (χ3n) is 3.75. The van der Waals surface area contributed by atoms with Crippen LogP contribution in [-0.4, -0.2) is 43.0 Å². The van der Waals surface area contributed by atoms with E-state index in [1.54, 1.807) is 18.2 Å². The minimum absolute atomic E-state index is 0.141. The maximum atomic E-state index is 13.8. The van der Waals surface area contributed by atoms with Crippen molar-refractivity contribution in [3.63, 3.8) is 0 Å². The van der Waals surface area contributed by atoms with E-state index in [1.807, 2.05) is 13.8 Å². The fourth-order valence-corrected chi connectivity index (χ4v) is 2.57. The zero-order chi connectivity index (χ0) is 17.3. The van der Waals surface area contributed by atoms with E-state index >= 15 is 0 Å². The Bertz CT molecular complexity index is 779. The molecule has 1 atom stereocenters. The largest absolute Gasteiger partial charge is 0.494 e. The molecule has 1 aliphatic heterocycles. The molecule has 1 N–H and O–H groups in total. The molecular weight excluding hydrogens is 315 g/mol. The van der Waals surface area contributed by atoms with Gasteiger partial charge in [-0.2, -0.15) is 0 Å². The van der Waals surface area contributed by atoms with Crippen LogP contribution in [0.15, 0.2) is 24.3 Å². The van der Waals surface area contributed by atoms with Gasteiger partial charge in [0.2, 0.25) is 0 Å². The molecule has 1 aromatic carbocycles. The molecule has 0 unspecified atom stereocenters. The maximum Gasteiger partial charge on any atom is 0.269 e. The van der Waals surface area contributed by atoms with Gasteiger partial charge in [-0.1, -0.05) is 6.07 Å². The van der Waals surface area contributed by atoms with Crippen molar-refractivity contribution in [2.45, 2.75) is 25.7 Å². The van der Waals surface area contributed by atoms with Gasteiger partial charge in [0.25, 0.3) is 5.91 Å². The van der Waals surface area contributed by atoms with Crippen molar-refractivity contribution in [1.29, 1.82) is 0 Å². The molecule has 1 amide bonds. The monoisotopic (exact) mass is 334 g/mol. The van der Waals surface area contributed by atoms with Gasteiger partial charge in [0, 0.05) is 18.0 Å². The van der Waals surface area contributed by atoms with Gasteiger partial charge in [-0.15, -0.1) is 0 Å². The number of methoxy groups -OCH3 is 1. The minimum Gasteiger partial charge on any atom is -0.494 e. The smallest absolute Gasteiger partial charge is 0.269 e. The van der Waals surface area contributed by atoms with Crippen molar-refractivity contribution >= 4 is 16.8 Å². The van der Waals surface area contributed by atoms with E-state index in [-0.39, 0.29) is 23.5 Å². The van der Waals surface area contributed by atoms with Gasteiger partial charge < -0.3 is 19.5 Å². The van der Waals surface area contributed by atoms with Crippen LogP contribution < -0.4 is 10.1 Å². The first-order valence-electron chi connectivity index (χ1n) is 7.62. The Morgan fingerprint density at radius 3 is 2.92 bits per heavy atom. The van der Waals surface area contributed by atoms with Crippen LogP contribution in [0.3, 0.4) is 0 Å². The van der Waals surface area contributed by atoms with Gasteiger partial charge in [-0.05, 0) is 26.0 Å². The molecule has 6 nitrogen and oxygen atoms in total. The highest BCUT2D eigenvalue weighted by molar-refractivity contribution is 5.95. The van der Waals surface area contributed by atoms with E-state index < -0.39 is 11.6 Å². The van der Waals surface area contributed by atoms with Crippen LogP contribution in [0.5, 0.6) is 5.75 Å². The molecule has 2 heterocycles. The lowest BCUT2D eigenvalue weighted by Gasteiger charge is -2.17. The normalized spacial score (nSPS) is 19.4. The number of halogens is 1. The van der Waals surface area contributed by atoms with Crippen molar-refractivity contribution in [2.75, 3.05) is 20.3 Å². The van der Waals surface area contributed by atoms with E-state index in [1.165, 1.54) is 13.2 Å². The molecule has 1 fully saturated rings. The molecule has 1 saturated heterocycles. The molecule has 128 valence electrons. The molecule has 0 bridgehead atoms. The van der Waals surface area contributed by atoms with Gasteiger partial charge >= 0.3 is 0 Å². The van der Waals surface area contributed by atoms with Crippen LogP contribution in [0.2, 0.25) is 0 Å². The summed E-state index contributed by atoms with van der Waals surface area (Å²) >= 11 is 0. The molecule has 2 aromatic rings. The summed E-state index contributed by atoms with van der Waals surface area (Å²) in [6, 6.07) is 6.09. The highest BCUT2D eigenvalue weighted by Crippen LogP contribution is 2.24. The number of carbonyl (C=O) groups excluding carboxylic acids is 1. The second-order valence-electron chi connectivity index (χ2n) is 6.04. The summed E-state index contributed by atoms with van der Waals surface area (Å²) in [6.45, 7) is 4.38. The standard InChI is InChI=1S/C17H19FN2O4/c1-17(2)23-9-11(24-17)8-19-16(21)13-5-4-10-6-15(22-3)12(18)7-14(10)20-13/h4-7,11H,8-9H2,1-3H3,(H,19,21)/t11-/m1/s1. The topological polar surface area (TPSA) is 69.7 Å². The summed E-state index contributed by atoms with van der Waals surface area (Å²) in [4.78, 5) is 16.4. The number of rotatable bonds is 4. The predicted octanol–water partition coefficient (Wildman–Crippen LogP) is 2.26. The fourth-order valence-electron chi connectivity index (χ4n) is 2.57. The molecule has 7 heteroatoms. The Kier molecular flexibility index (Phi) is 4.38. The Morgan fingerprint density at radius 2 is 2.25 bits per heavy atom. The minimum atomic E-state index is -0.632. The Hall–Kier alpha value is -2.25. The van der Waals surface area contributed by atoms with Crippen molar-refractivity contribution < 1.29 is 23.4 Å². The molecule has 3 rings (SSSR count). The SMILES string of the molecule is COc1cc2ccc(C(=O)NC[C@@H]3COC(C)(C)O3)nc2cc1F. The van der Waals surface area contributed by atoms with Crippen LogP contribution >= 0.6 is 0 Å². The van der Waals surface area contributed by atoms with Crippen LogP contribution in [0.1, 0.15) is 24.3 Å². The zero-order valence-corrected chi connectivity index (χ0v) is 13.8. The molecule has 1 aromatic heterocycles. The molecule has 24 heavy (non-hydrogen) atoms. The third-order valence-corrected chi connectivity index (χ3v) is 3.75. The number of aromatic nitrogens is 1. The Morgan fingerprint density at radius 1 is 1.46 bits per heavy atom. The molecule has 0 aliphatic carbocycles. The third kappa shape index (κ3) is 3.47.